The van der Waals surface area contributed by atoms with E-state index in [1.165, 1.54) is 11.3 Å². The average Bonchev–Trinajstić information content (AvgIpc) is 3.42. The number of halogens is 1. The molecule has 1 amide bonds. The fourth-order valence-electron chi connectivity index (χ4n) is 3.79. The molecule has 1 atom stereocenters. The van der Waals surface area contributed by atoms with Gasteiger partial charge in [-0.3, -0.25) is 14.2 Å². The molecule has 164 valence electrons. The number of aromatic nitrogens is 1. The standard InChI is InChI=1S/C25H18ClN3O3S/c1-15-21(23(30)28-18-6-3-2-4-7-18)22(16-9-11-17(26)12-10-16)29-24(31)20(33-25(29)27-15)14-19-8-5-13-32-19/h2-14,22H,1H3,(H,28,30)/b20-14-/t22-/m1/s1. The first kappa shape index (κ1) is 21.2. The first-order valence-corrected chi connectivity index (χ1v) is 11.4. The molecule has 0 radical (unpaired) electrons. The molecule has 6 nitrogen and oxygen atoms in total. The van der Waals surface area contributed by atoms with Gasteiger partial charge in [0.1, 0.15) is 5.76 Å². The highest BCUT2D eigenvalue weighted by Crippen LogP contribution is 2.31. The van der Waals surface area contributed by atoms with E-state index < -0.39 is 6.04 Å². The Morgan fingerprint density at radius 1 is 1.12 bits per heavy atom. The third-order valence-corrected chi connectivity index (χ3v) is 6.54. The lowest BCUT2D eigenvalue weighted by Crippen LogP contribution is -2.40. The number of nitrogens with one attached hydrogen (secondary N) is 1. The molecule has 1 aliphatic rings. The normalized spacial score (nSPS) is 15.8. The predicted molar refractivity (Wildman–Crippen MR) is 129 cm³/mol. The second-order valence-corrected chi connectivity index (χ2v) is 8.91. The van der Waals surface area contributed by atoms with E-state index in [9.17, 15) is 9.59 Å². The smallest absolute Gasteiger partial charge is 0.271 e. The number of furan rings is 1. The Kier molecular flexibility index (Phi) is 5.58. The number of rotatable bonds is 4. The zero-order valence-electron chi connectivity index (χ0n) is 17.5. The van der Waals surface area contributed by atoms with Gasteiger partial charge in [-0.25, -0.2) is 4.99 Å². The van der Waals surface area contributed by atoms with Crippen molar-refractivity contribution >= 4 is 40.6 Å². The summed E-state index contributed by atoms with van der Waals surface area (Å²) in [6.45, 7) is 1.78. The van der Waals surface area contributed by atoms with Gasteiger partial charge in [0.25, 0.3) is 11.5 Å². The van der Waals surface area contributed by atoms with Crippen molar-refractivity contribution in [3.05, 3.63) is 120 Å². The van der Waals surface area contributed by atoms with Crippen molar-refractivity contribution < 1.29 is 9.21 Å². The molecule has 0 saturated heterocycles. The van der Waals surface area contributed by atoms with Crippen LogP contribution in [0.4, 0.5) is 5.69 Å². The van der Waals surface area contributed by atoms with E-state index in [4.69, 9.17) is 16.0 Å². The van der Waals surface area contributed by atoms with Crippen LogP contribution in [0, 0.1) is 0 Å². The van der Waals surface area contributed by atoms with E-state index >= 15 is 0 Å². The van der Waals surface area contributed by atoms with Crippen LogP contribution < -0.4 is 20.2 Å². The molecule has 0 unspecified atom stereocenters. The number of thiazole rings is 1. The van der Waals surface area contributed by atoms with Gasteiger partial charge in [0.05, 0.1) is 28.1 Å². The van der Waals surface area contributed by atoms with Gasteiger partial charge in [-0.05, 0) is 48.9 Å². The van der Waals surface area contributed by atoms with Gasteiger partial charge in [-0.15, -0.1) is 0 Å². The molecular weight excluding hydrogens is 458 g/mol. The molecule has 33 heavy (non-hydrogen) atoms. The molecule has 0 aliphatic carbocycles. The molecule has 0 spiro atoms. The molecule has 2 aromatic carbocycles. The number of hydrogen-bond donors (Lipinski definition) is 1. The molecule has 5 rings (SSSR count). The Morgan fingerprint density at radius 3 is 2.58 bits per heavy atom. The van der Waals surface area contributed by atoms with E-state index in [1.807, 2.05) is 42.5 Å². The number of para-hydroxylation sites is 1. The molecule has 3 heterocycles. The molecule has 0 bridgehead atoms. The number of carbonyl (C=O) groups excluding carboxylic acids is 1. The van der Waals surface area contributed by atoms with Gasteiger partial charge in [-0.2, -0.15) is 0 Å². The van der Waals surface area contributed by atoms with E-state index in [0.29, 0.717) is 37.1 Å². The summed E-state index contributed by atoms with van der Waals surface area (Å²) in [6.07, 6.45) is 3.24. The minimum absolute atomic E-state index is 0.243. The third kappa shape index (κ3) is 4.08. The molecule has 0 fully saturated rings. The van der Waals surface area contributed by atoms with Crippen molar-refractivity contribution in [3.8, 4) is 0 Å². The van der Waals surface area contributed by atoms with Gasteiger partial charge >= 0.3 is 0 Å². The largest absolute Gasteiger partial charge is 0.465 e. The van der Waals surface area contributed by atoms with E-state index in [2.05, 4.69) is 10.3 Å². The van der Waals surface area contributed by atoms with Crippen LogP contribution in [-0.4, -0.2) is 10.5 Å². The lowest BCUT2D eigenvalue weighted by atomic mass is 9.95. The molecule has 0 saturated carbocycles. The summed E-state index contributed by atoms with van der Waals surface area (Å²) in [7, 11) is 0. The second-order valence-electron chi connectivity index (χ2n) is 7.47. The summed E-state index contributed by atoms with van der Waals surface area (Å²) in [6, 6.07) is 19.2. The number of allylic oxidation sites excluding steroid dienone is 1. The van der Waals surface area contributed by atoms with Crippen LogP contribution in [0.5, 0.6) is 0 Å². The van der Waals surface area contributed by atoms with Gasteiger partial charge < -0.3 is 9.73 Å². The molecule has 4 aromatic rings. The quantitative estimate of drug-likeness (QED) is 0.482. The van der Waals surface area contributed by atoms with Gasteiger partial charge in [0.15, 0.2) is 4.80 Å². The summed E-state index contributed by atoms with van der Waals surface area (Å²) in [5, 5.41) is 3.50. The maximum Gasteiger partial charge on any atom is 0.271 e. The number of benzene rings is 2. The van der Waals surface area contributed by atoms with Crippen LogP contribution in [0.2, 0.25) is 5.02 Å². The Bertz CT molecular complexity index is 1530. The summed E-state index contributed by atoms with van der Waals surface area (Å²) in [5.41, 5.74) is 2.13. The highest BCUT2D eigenvalue weighted by molar-refractivity contribution is 7.07. The highest BCUT2D eigenvalue weighted by Gasteiger charge is 2.32. The van der Waals surface area contributed by atoms with Crippen LogP contribution in [0.25, 0.3) is 6.08 Å². The minimum Gasteiger partial charge on any atom is -0.465 e. The van der Waals surface area contributed by atoms with Gasteiger partial charge in [-0.1, -0.05) is 53.3 Å². The number of anilines is 1. The SMILES string of the molecule is CC1=C(C(=O)Nc2ccccc2)[C@@H](c2ccc(Cl)cc2)n2c(s/c(=C\c3ccco3)c2=O)=N1. The van der Waals surface area contributed by atoms with Crippen LogP contribution in [-0.2, 0) is 4.79 Å². The predicted octanol–water partition coefficient (Wildman–Crippen LogP) is 4.12. The molecule has 1 N–H and O–H groups in total. The first-order chi connectivity index (χ1) is 16.0. The monoisotopic (exact) mass is 475 g/mol. The summed E-state index contributed by atoms with van der Waals surface area (Å²) in [5.74, 6) is 0.253. The zero-order valence-corrected chi connectivity index (χ0v) is 19.1. The van der Waals surface area contributed by atoms with Gasteiger partial charge in [0.2, 0.25) is 0 Å². The van der Waals surface area contributed by atoms with Crippen LogP contribution >= 0.6 is 22.9 Å². The first-order valence-electron chi connectivity index (χ1n) is 10.2. The molecule has 8 heteroatoms. The topological polar surface area (TPSA) is 76.6 Å². The van der Waals surface area contributed by atoms with Crippen molar-refractivity contribution in [2.45, 2.75) is 13.0 Å². The lowest BCUT2D eigenvalue weighted by molar-refractivity contribution is -0.113. The second kappa shape index (κ2) is 8.69. The number of fused-ring (bicyclic) bond motifs is 1. The van der Waals surface area contributed by atoms with E-state index in [0.717, 1.165) is 5.56 Å². The minimum atomic E-state index is -0.652. The van der Waals surface area contributed by atoms with Crippen molar-refractivity contribution in [1.82, 2.24) is 4.57 Å². The average molecular weight is 476 g/mol. The Labute approximate surface area is 197 Å². The summed E-state index contributed by atoms with van der Waals surface area (Å²) in [4.78, 5) is 32.0. The molecular formula is C25H18ClN3O3S. The Morgan fingerprint density at radius 2 is 1.88 bits per heavy atom. The maximum atomic E-state index is 13.5. The van der Waals surface area contributed by atoms with Crippen LogP contribution in [0.15, 0.2) is 98.5 Å². The van der Waals surface area contributed by atoms with E-state index in [1.54, 1.807) is 48.1 Å². The third-order valence-electron chi connectivity index (χ3n) is 5.30. The van der Waals surface area contributed by atoms with E-state index in [-0.39, 0.29) is 11.5 Å². The lowest BCUT2D eigenvalue weighted by Gasteiger charge is -2.25. The summed E-state index contributed by atoms with van der Waals surface area (Å²) >= 11 is 7.37. The fourth-order valence-corrected chi connectivity index (χ4v) is 4.95. The highest BCUT2D eigenvalue weighted by atomic mass is 35.5. The number of amides is 1. The van der Waals surface area contributed by atoms with Crippen LogP contribution in [0.1, 0.15) is 24.3 Å². The van der Waals surface area contributed by atoms with Crippen molar-refractivity contribution in [2.75, 3.05) is 5.32 Å². The van der Waals surface area contributed by atoms with Gasteiger partial charge in [0, 0.05) is 16.8 Å². The Balaban J connectivity index is 1.68. The van der Waals surface area contributed by atoms with Crippen molar-refractivity contribution in [1.29, 1.82) is 0 Å². The van der Waals surface area contributed by atoms with Crippen molar-refractivity contribution in [3.63, 3.8) is 0 Å². The number of hydrogen-bond acceptors (Lipinski definition) is 5. The van der Waals surface area contributed by atoms with Crippen LogP contribution in [0.3, 0.4) is 0 Å². The number of carbonyl (C=O) groups is 1. The van der Waals surface area contributed by atoms with Crippen molar-refractivity contribution in [2.24, 2.45) is 4.99 Å². The Hall–Kier alpha value is -3.68. The number of nitrogens with zero attached hydrogens (tertiary/aromatic N) is 2. The summed E-state index contributed by atoms with van der Waals surface area (Å²) < 4.78 is 7.42. The molecule has 2 aromatic heterocycles. The zero-order chi connectivity index (χ0) is 22.9. The maximum absolute atomic E-state index is 13.5. The molecule has 1 aliphatic heterocycles. The fraction of sp³-hybridized carbons (Fsp3) is 0.0800.